The van der Waals surface area contributed by atoms with Gasteiger partial charge in [0.05, 0.1) is 22.8 Å². The van der Waals surface area contributed by atoms with Crippen molar-refractivity contribution >= 4 is 40.6 Å². The van der Waals surface area contributed by atoms with Gasteiger partial charge in [-0.3, -0.25) is 9.69 Å². The molecule has 0 bridgehead atoms. The summed E-state index contributed by atoms with van der Waals surface area (Å²) in [5, 5.41) is 0.668. The molecule has 1 aliphatic heterocycles. The van der Waals surface area contributed by atoms with Crippen molar-refractivity contribution in [3.05, 3.63) is 82.5 Å². The number of hydrogen-bond donors (Lipinski definition) is 0. The number of thioether (sulfide) groups is 1. The van der Waals surface area contributed by atoms with Gasteiger partial charge >= 0.3 is 5.97 Å². The van der Waals surface area contributed by atoms with Crippen LogP contribution in [0.15, 0.2) is 75.0 Å². The van der Waals surface area contributed by atoms with Gasteiger partial charge < -0.3 is 9.15 Å². The minimum atomic E-state index is -0.352. The topological polar surface area (TPSA) is 72.1 Å². The van der Waals surface area contributed by atoms with Crippen LogP contribution in [0.4, 0.5) is 5.69 Å². The lowest BCUT2D eigenvalue weighted by Gasteiger charge is -2.12. The van der Waals surface area contributed by atoms with Gasteiger partial charge in [0, 0.05) is 18.2 Å². The average Bonchev–Trinajstić information content (AvgIpc) is 3.44. The number of aryl methyl sites for hydroxylation is 1. The van der Waals surface area contributed by atoms with Crippen molar-refractivity contribution in [2.75, 3.05) is 13.2 Å². The van der Waals surface area contributed by atoms with Gasteiger partial charge in [-0.05, 0) is 67.9 Å². The third kappa shape index (κ3) is 4.99. The summed E-state index contributed by atoms with van der Waals surface area (Å²) >= 11 is 1.35. The van der Waals surface area contributed by atoms with E-state index in [4.69, 9.17) is 14.1 Å². The van der Waals surface area contributed by atoms with Crippen LogP contribution in [0.5, 0.6) is 0 Å². The highest BCUT2D eigenvalue weighted by molar-refractivity contribution is 8.18. The standard InChI is InChI=1S/C27H26N2O4S/c1-4-18-9-7-8-10-22(18)28-27-29(5-2)25(30)24(34-27)17-21-15-16-23(33-21)19-11-13-20(14-12-19)26(31)32-6-3/h7-17H,4-6H2,1-3H3/b24-17+,28-27?. The molecule has 0 radical (unpaired) electrons. The Labute approximate surface area is 203 Å². The smallest absolute Gasteiger partial charge is 0.338 e. The molecule has 0 N–H and O–H groups in total. The maximum absolute atomic E-state index is 13.0. The van der Waals surface area contributed by atoms with Gasteiger partial charge in [0.1, 0.15) is 11.5 Å². The molecule has 0 spiro atoms. The number of nitrogens with zero attached hydrogens (tertiary/aromatic N) is 2. The van der Waals surface area contributed by atoms with E-state index in [0.29, 0.717) is 40.3 Å². The maximum Gasteiger partial charge on any atom is 0.338 e. The van der Waals surface area contributed by atoms with Crippen molar-refractivity contribution in [3.8, 4) is 11.3 Å². The molecule has 174 valence electrons. The van der Waals surface area contributed by atoms with Gasteiger partial charge in [0.25, 0.3) is 5.91 Å². The van der Waals surface area contributed by atoms with Crippen molar-refractivity contribution in [2.45, 2.75) is 27.2 Å². The molecule has 6 nitrogen and oxygen atoms in total. The molecule has 0 aliphatic carbocycles. The lowest BCUT2D eigenvalue weighted by molar-refractivity contribution is -0.122. The number of furan rings is 1. The number of rotatable bonds is 7. The summed E-state index contributed by atoms with van der Waals surface area (Å²) in [5.74, 6) is 0.787. The van der Waals surface area contributed by atoms with Crippen LogP contribution in [0.1, 0.15) is 42.5 Å². The number of hydrogen-bond acceptors (Lipinski definition) is 6. The molecule has 1 amide bonds. The zero-order valence-electron chi connectivity index (χ0n) is 19.4. The van der Waals surface area contributed by atoms with E-state index in [1.165, 1.54) is 11.8 Å². The molecular weight excluding hydrogens is 448 g/mol. The predicted octanol–water partition coefficient (Wildman–Crippen LogP) is 6.31. The summed E-state index contributed by atoms with van der Waals surface area (Å²) in [5.41, 5.74) is 3.34. The number of para-hydroxylation sites is 1. The zero-order valence-corrected chi connectivity index (χ0v) is 20.2. The Balaban J connectivity index is 1.56. The molecule has 0 saturated carbocycles. The lowest BCUT2D eigenvalue weighted by Crippen LogP contribution is -2.28. The molecule has 1 aromatic heterocycles. The summed E-state index contributed by atoms with van der Waals surface area (Å²) < 4.78 is 11.0. The second-order valence-corrected chi connectivity index (χ2v) is 8.55. The fourth-order valence-electron chi connectivity index (χ4n) is 3.59. The van der Waals surface area contributed by atoms with E-state index in [9.17, 15) is 9.59 Å². The Bertz CT molecular complexity index is 1260. The molecule has 7 heteroatoms. The lowest BCUT2D eigenvalue weighted by atomic mass is 10.1. The van der Waals surface area contributed by atoms with Crippen molar-refractivity contribution < 1.29 is 18.7 Å². The molecule has 34 heavy (non-hydrogen) atoms. The average molecular weight is 475 g/mol. The molecule has 1 fully saturated rings. The van der Waals surface area contributed by atoms with E-state index in [2.05, 4.69) is 13.0 Å². The first-order valence-electron chi connectivity index (χ1n) is 11.3. The molecular formula is C27H26N2O4S. The number of ether oxygens (including phenoxy) is 1. The third-order valence-corrected chi connectivity index (χ3v) is 6.38. The van der Waals surface area contributed by atoms with E-state index in [1.807, 2.05) is 49.4 Å². The van der Waals surface area contributed by atoms with Crippen LogP contribution in [-0.2, 0) is 16.0 Å². The van der Waals surface area contributed by atoms with Crippen LogP contribution in [0, 0.1) is 0 Å². The number of aliphatic imine (C=N–C) groups is 1. The Kier molecular flexibility index (Phi) is 7.33. The fourth-order valence-corrected chi connectivity index (χ4v) is 4.63. The molecule has 2 aromatic carbocycles. The normalized spacial score (nSPS) is 16.0. The van der Waals surface area contributed by atoms with Crippen LogP contribution in [0.25, 0.3) is 17.4 Å². The first-order valence-corrected chi connectivity index (χ1v) is 12.1. The number of carbonyl (C=O) groups excluding carboxylic acids is 2. The van der Waals surface area contributed by atoms with Crippen molar-refractivity contribution in [1.29, 1.82) is 0 Å². The molecule has 3 aromatic rings. The van der Waals surface area contributed by atoms with E-state index in [0.717, 1.165) is 23.2 Å². The molecule has 0 atom stereocenters. The predicted molar refractivity (Wildman–Crippen MR) is 136 cm³/mol. The van der Waals surface area contributed by atoms with Gasteiger partial charge in [0.2, 0.25) is 0 Å². The second-order valence-electron chi connectivity index (χ2n) is 7.54. The molecule has 1 saturated heterocycles. The Morgan fingerprint density at radius 3 is 2.53 bits per heavy atom. The summed E-state index contributed by atoms with van der Waals surface area (Å²) in [6.45, 7) is 6.67. The van der Waals surface area contributed by atoms with Crippen LogP contribution in [0.2, 0.25) is 0 Å². The van der Waals surface area contributed by atoms with Crippen LogP contribution in [0.3, 0.4) is 0 Å². The molecule has 4 rings (SSSR count). The number of carbonyl (C=O) groups is 2. The van der Waals surface area contributed by atoms with E-state index in [1.54, 1.807) is 30.0 Å². The SMILES string of the molecule is CCOC(=O)c1ccc(-c2ccc(/C=C3/SC(=Nc4ccccc4CC)N(CC)C3=O)o2)cc1. The fraction of sp³-hybridized carbons (Fsp3) is 0.222. The monoisotopic (exact) mass is 474 g/mol. The van der Waals surface area contributed by atoms with Gasteiger partial charge in [-0.15, -0.1) is 0 Å². The Hall–Kier alpha value is -3.58. The van der Waals surface area contributed by atoms with Gasteiger partial charge in [-0.2, -0.15) is 0 Å². The third-order valence-electron chi connectivity index (χ3n) is 5.37. The van der Waals surface area contributed by atoms with Crippen molar-refractivity contribution in [1.82, 2.24) is 4.90 Å². The quantitative estimate of drug-likeness (QED) is 0.296. The van der Waals surface area contributed by atoms with Gasteiger partial charge in [0.15, 0.2) is 5.17 Å². The maximum atomic E-state index is 13.0. The number of amidine groups is 1. The highest BCUT2D eigenvalue weighted by Gasteiger charge is 2.32. The Morgan fingerprint density at radius 1 is 1.06 bits per heavy atom. The summed E-state index contributed by atoms with van der Waals surface area (Å²) in [6.07, 6.45) is 2.62. The number of esters is 1. The van der Waals surface area contributed by atoms with Crippen molar-refractivity contribution in [3.63, 3.8) is 0 Å². The van der Waals surface area contributed by atoms with Crippen LogP contribution in [-0.4, -0.2) is 35.1 Å². The van der Waals surface area contributed by atoms with Gasteiger partial charge in [-0.1, -0.05) is 37.3 Å². The number of benzene rings is 2. The molecule has 2 heterocycles. The minimum Gasteiger partial charge on any atom is -0.462 e. The second kappa shape index (κ2) is 10.6. The summed E-state index contributed by atoms with van der Waals surface area (Å²) in [6, 6.07) is 18.7. The zero-order chi connectivity index (χ0) is 24.1. The first kappa shape index (κ1) is 23.6. The van der Waals surface area contributed by atoms with Crippen molar-refractivity contribution in [2.24, 2.45) is 4.99 Å². The van der Waals surface area contributed by atoms with Crippen LogP contribution >= 0.6 is 11.8 Å². The number of likely N-dealkylation sites (N-methyl/N-ethyl adjacent to an activating group) is 1. The summed E-state index contributed by atoms with van der Waals surface area (Å²) in [4.78, 5) is 31.9. The minimum absolute atomic E-state index is 0.0861. The molecule has 1 aliphatic rings. The Morgan fingerprint density at radius 2 is 1.82 bits per heavy atom. The van der Waals surface area contributed by atoms with E-state index in [-0.39, 0.29) is 11.9 Å². The largest absolute Gasteiger partial charge is 0.462 e. The highest BCUT2D eigenvalue weighted by Crippen LogP contribution is 2.35. The molecule has 0 unspecified atom stereocenters. The van der Waals surface area contributed by atoms with E-state index < -0.39 is 0 Å². The number of amides is 1. The van der Waals surface area contributed by atoms with Gasteiger partial charge in [-0.25, -0.2) is 9.79 Å². The highest BCUT2D eigenvalue weighted by atomic mass is 32.2. The summed E-state index contributed by atoms with van der Waals surface area (Å²) in [7, 11) is 0. The van der Waals surface area contributed by atoms with Crippen LogP contribution < -0.4 is 0 Å². The van der Waals surface area contributed by atoms with E-state index >= 15 is 0 Å². The first-order chi connectivity index (χ1) is 16.5.